The van der Waals surface area contributed by atoms with E-state index < -0.39 is 0 Å². The van der Waals surface area contributed by atoms with E-state index in [0.717, 1.165) is 68.9 Å². The zero-order valence-corrected chi connectivity index (χ0v) is 26.5. The van der Waals surface area contributed by atoms with Gasteiger partial charge < -0.3 is 24.3 Å². The molecular weight excluding hydrogens is 615 g/mol. The predicted octanol–water partition coefficient (Wildman–Crippen LogP) is 6.56. The molecule has 10 heteroatoms. The number of hydrogen-bond donors (Lipinski definition) is 1. The van der Waals surface area contributed by atoms with Crippen LogP contribution in [0.4, 0.5) is 21.6 Å². The number of ether oxygens (including phenoxy) is 1. The van der Waals surface area contributed by atoms with Gasteiger partial charge in [0.05, 0.1) is 30.8 Å². The third kappa shape index (κ3) is 5.73. The average Bonchev–Trinajstić information content (AvgIpc) is 3.50. The van der Waals surface area contributed by atoms with Crippen molar-refractivity contribution in [3.8, 4) is 11.1 Å². The molecule has 0 aliphatic carbocycles. The van der Waals surface area contributed by atoms with Gasteiger partial charge >= 0.3 is 0 Å². The number of carbonyl (C=O) groups is 1. The van der Waals surface area contributed by atoms with E-state index in [1.165, 1.54) is 12.1 Å². The maximum Gasteiger partial charge on any atom is 0.238 e. The van der Waals surface area contributed by atoms with Gasteiger partial charge in [0, 0.05) is 82.3 Å². The van der Waals surface area contributed by atoms with Crippen LogP contribution >= 0.6 is 11.3 Å². The maximum absolute atomic E-state index is 13.5. The second-order valence-corrected chi connectivity index (χ2v) is 13.0. The van der Waals surface area contributed by atoms with Crippen molar-refractivity contribution in [3.05, 3.63) is 101 Å². The SMILES string of the molecule is O=C(CN1CCN(c2ccc(F)cc2)CC1)Nc1ccc(-c2cccc3c(=O)cc(N4CCOCC4)oc23)c2sc3ccccc3c12. The number of halogens is 1. The third-order valence-electron chi connectivity index (χ3n) is 9.09. The molecule has 2 fully saturated rings. The fourth-order valence-corrected chi connectivity index (χ4v) is 7.93. The molecular formula is C37H33FN4O4S. The van der Waals surface area contributed by atoms with Crippen molar-refractivity contribution in [2.24, 2.45) is 0 Å². The summed E-state index contributed by atoms with van der Waals surface area (Å²) in [6, 6.07) is 26.0. The number of nitrogens with one attached hydrogen (secondary N) is 1. The van der Waals surface area contributed by atoms with Crippen molar-refractivity contribution in [1.29, 1.82) is 0 Å². The van der Waals surface area contributed by atoms with E-state index in [1.807, 2.05) is 42.5 Å². The Morgan fingerprint density at radius 2 is 1.57 bits per heavy atom. The summed E-state index contributed by atoms with van der Waals surface area (Å²) in [4.78, 5) is 33.2. The molecule has 8 nitrogen and oxygen atoms in total. The summed E-state index contributed by atoms with van der Waals surface area (Å²) < 4.78 is 27.5. The highest BCUT2D eigenvalue weighted by Gasteiger charge is 2.23. The number of thiophene rings is 1. The first kappa shape index (κ1) is 29.6. The minimum atomic E-state index is -0.244. The summed E-state index contributed by atoms with van der Waals surface area (Å²) in [5.74, 6) is 0.232. The van der Waals surface area contributed by atoms with Crippen molar-refractivity contribution < 1.29 is 18.3 Å². The highest BCUT2D eigenvalue weighted by Crippen LogP contribution is 2.45. The lowest BCUT2D eigenvalue weighted by Crippen LogP contribution is -2.48. The standard InChI is InChI=1S/C37H33FN4O4S/c38-24-8-10-25(11-9-24)41-16-14-40(15-17-41)23-33(44)39-30-13-12-27(37-35(30)29-4-1-2-7-32(29)47-37)26-5-3-6-28-31(43)22-34(46-36(26)28)42-18-20-45-21-19-42/h1-13,22H,14-21,23H2,(H,39,44). The summed E-state index contributed by atoms with van der Waals surface area (Å²) >= 11 is 1.67. The van der Waals surface area contributed by atoms with Gasteiger partial charge in [0.2, 0.25) is 5.91 Å². The van der Waals surface area contributed by atoms with Crippen LogP contribution in [0.5, 0.6) is 0 Å². The molecule has 4 heterocycles. The average molecular weight is 649 g/mol. The van der Waals surface area contributed by atoms with Crippen LogP contribution in [0.2, 0.25) is 0 Å². The summed E-state index contributed by atoms with van der Waals surface area (Å²) in [6.45, 7) is 5.78. The Labute approximate surface area is 274 Å². The summed E-state index contributed by atoms with van der Waals surface area (Å²) in [6.07, 6.45) is 0. The van der Waals surface area contributed by atoms with E-state index in [4.69, 9.17) is 9.15 Å². The monoisotopic (exact) mass is 648 g/mol. The van der Waals surface area contributed by atoms with Gasteiger partial charge in [-0.2, -0.15) is 0 Å². The van der Waals surface area contributed by atoms with E-state index >= 15 is 0 Å². The second kappa shape index (κ2) is 12.4. The first-order valence-electron chi connectivity index (χ1n) is 15.9. The molecule has 0 radical (unpaired) electrons. The summed E-state index contributed by atoms with van der Waals surface area (Å²) in [5.41, 5.74) is 4.01. The van der Waals surface area contributed by atoms with Gasteiger partial charge in [-0.15, -0.1) is 11.3 Å². The van der Waals surface area contributed by atoms with Crippen LogP contribution in [0.3, 0.4) is 0 Å². The Morgan fingerprint density at radius 3 is 2.38 bits per heavy atom. The third-order valence-corrected chi connectivity index (χ3v) is 10.3. The number of carbonyl (C=O) groups excluding carboxylic acids is 1. The number of fused-ring (bicyclic) bond motifs is 4. The topological polar surface area (TPSA) is 78.3 Å². The largest absolute Gasteiger partial charge is 0.440 e. The van der Waals surface area contributed by atoms with Crippen LogP contribution in [0.1, 0.15) is 0 Å². The van der Waals surface area contributed by atoms with Crippen molar-refractivity contribution in [2.75, 3.05) is 74.1 Å². The van der Waals surface area contributed by atoms with Crippen LogP contribution < -0.4 is 20.5 Å². The summed E-state index contributed by atoms with van der Waals surface area (Å²) in [7, 11) is 0. The number of anilines is 3. The van der Waals surface area contributed by atoms with E-state index in [1.54, 1.807) is 29.5 Å². The fourth-order valence-electron chi connectivity index (χ4n) is 6.67. The van der Waals surface area contributed by atoms with Gasteiger partial charge in [0.25, 0.3) is 0 Å². The molecule has 4 aromatic carbocycles. The Morgan fingerprint density at radius 1 is 0.809 bits per heavy atom. The van der Waals surface area contributed by atoms with Gasteiger partial charge in [-0.1, -0.05) is 36.4 Å². The molecule has 238 valence electrons. The number of morpholine rings is 1. The minimum Gasteiger partial charge on any atom is -0.440 e. The van der Waals surface area contributed by atoms with Crippen LogP contribution in [0.15, 0.2) is 94.1 Å². The number of amides is 1. The van der Waals surface area contributed by atoms with Crippen LogP contribution in [0.25, 0.3) is 42.3 Å². The minimum absolute atomic E-state index is 0.0733. The molecule has 0 bridgehead atoms. The maximum atomic E-state index is 13.5. The fraction of sp³-hybridized carbons (Fsp3) is 0.243. The van der Waals surface area contributed by atoms with Crippen molar-refractivity contribution in [1.82, 2.24) is 4.90 Å². The van der Waals surface area contributed by atoms with Gasteiger partial charge in [-0.25, -0.2) is 4.39 Å². The molecule has 2 saturated heterocycles. The normalized spacial score (nSPS) is 15.9. The zero-order chi connectivity index (χ0) is 31.9. The lowest BCUT2D eigenvalue weighted by Gasteiger charge is -2.35. The summed E-state index contributed by atoms with van der Waals surface area (Å²) in [5, 5.41) is 5.79. The van der Waals surface area contributed by atoms with E-state index in [-0.39, 0.29) is 23.7 Å². The number of rotatable bonds is 6. The lowest BCUT2D eigenvalue weighted by molar-refractivity contribution is -0.117. The molecule has 0 atom stereocenters. The smallest absolute Gasteiger partial charge is 0.238 e. The second-order valence-electron chi connectivity index (χ2n) is 12.0. The highest BCUT2D eigenvalue weighted by atomic mass is 32.1. The van der Waals surface area contributed by atoms with Crippen molar-refractivity contribution in [3.63, 3.8) is 0 Å². The van der Waals surface area contributed by atoms with Crippen LogP contribution in [-0.4, -0.2) is 69.8 Å². The van der Waals surface area contributed by atoms with Crippen molar-refractivity contribution >= 4 is 65.6 Å². The number of nitrogens with zero attached hydrogens (tertiary/aromatic N) is 3. The van der Waals surface area contributed by atoms with Gasteiger partial charge in [-0.05, 0) is 42.5 Å². The Hall–Kier alpha value is -4.77. The molecule has 1 N–H and O–H groups in total. The molecule has 2 aliphatic heterocycles. The van der Waals surface area contributed by atoms with E-state index in [2.05, 4.69) is 32.1 Å². The predicted molar refractivity (Wildman–Crippen MR) is 188 cm³/mol. The molecule has 2 aliphatic rings. The Kier molecular flexibility index (Phi) is 7.84. The van der Waals surface area contributed by atoms with Gasteiger partial charge in [0.15, 0.2) is 11.3 Å². The number of benzene rings is 4. The molecule has 2 aromatic heterocycles. The zero-order valence-electron chi connectivity index (χ0n) is 25.7. The lowest BCUT2D eigenvalue weighted by atomic mass is 9.99. The van der Waals surface area contributed by atoms with Crippen LogP contribution in [0, 0.1) is 5.82 Å². The highest BCUT2D eigenvalue weighted by molar-refractivity contribution is 7.26. The molecule has 0 unspecified atom stereocenters. The number of para-hydroxylation sites is 1. The molecule has 0 spiro atoms. The molecule has 6 aromatic rings. The molecule has 0 saturated carbocycles. The van der Waals surface area contributed by atoms with E-state index in [0.29, 0.717) is 43.2 Å². The number of hydrogen-bond acceptors (Lipinski definition) is 8. The molecule has 1 amide bonds. The van der Waals surface area contributed by atoms with Crippen LogP contribution in [-0.2, 0) is 9.53 Å². The molecule has 8 rings (SSSR count). The van der Waals surface area contributed by atoms with Gasteiger partial charge in [0.1, 0.15) is 11.4 Å². The Bertz CT molecular complexity index is 2170. The first-order valence-corrected chi connectivity index (χ1v) is 16.7. The Balaban J connectivity index is 1.11. The molecule has 47 heavy (non-hydrogen) atoms. The first-order chi connectivity index (χ1) is 23.0. The van der Waals surface area contributed by atoms with Gasteiger partial charge in [-0.3, -0.25) is 14.5 Å². The number of piperazine rings is 1. The van der Waals surface area contributed by atoms with Crippen molar-refractivity contribution in [2.45, 2.75) is 0 Å². The quantitative estimate of drug-likeness (QED) is 0.219. The van der Waals surface area contributed by atoms with E-state index in [9.17, 15) is 14.0 Å².